The Morgan fingerprint density at radius 1 is 1.00 bits per heavy atom. The molecule has 0 spiro atoms. The van der Waals surface area contributed by atoms with E-state index in [4.69, 9.17) is 0 Å². The normalized spacial score (nSPS) is 15.3. The second kappa shape index (κ2) is 8.46. The van der Waals surface area contributed by atoms with Crippen molar-refractivity contribution in [3.63, 3.8) is 0 Å². The van der Waals surface area contributed by atoms with Crippen LogP contribution in [0.4, 0.5) is 0 Å². The van der Waals surface area contributed by atoms with E-state index < -0.39 is 0 Å². The Morgan fingerprint density at radius 3 is 2.13 bits per heavy atom. The number of hydrogen-bond donors (Lipinski definition) is 1. The highest BCUT2D eigenvalue weighted by molar-refractivity contribution is 8.32. The van der Waals surface area contributed by atoms with Crippen molar-refractivity contribution in [3.8, 4) is 0 Å². The maximum absolute atomic E-state index is 9.29. The van der Waals surface area contributed by atoms with Crippen molar-refractivity contribution in [3.05, 3.63) is 0 Å². The predicted molar refractivity (Wildman–Crippen MR) is 74.2 cm³/mol. The summed E-state index contributed by atoms with van der Waals surface area (Å²) in [6.07, 6.45) is 14.8. The van der Waals surface area contributed by atoms with Crippen LogP contribution in [-0.2, 0) is 0 Å². The minimum atomic E-state index is -0.376. The monoisotopic (exact) mass is 234 g/mol. The molecule has 0 saturated carbocycles. The fourth-order valence-corrected chi connectivity index (χ4v) is 2.75. The van der Waals surface area contributed by atoms with Crippen molar-refractivity contribution in [2.45, 2.75) is 45.4 Å². The largest absolute Gasteiger partial charge is 0.396 e. The average molecular weight is 234 g/mol. The maximum Gasteiger partial charge on any atom is 0.0459 e. The van der Waals surface area contributed by atoms with Crippen molar-refractivity contribution in [2.24, 2.45) is 5.92 Å². The lowest BCUT2D eigenvalue weighted by Gasteiger charge is -2.27. The van der Waals surface area contributed by atoms with E-state index in [-0.39, 0.29) is 10.0 Å². The van der Waals surface area contributed by atoms with Crippen LogP contribution >= 0.6 is 10.0 Å². The molecule has 0 saturated heterocycles. The maximum atomic E-state index is 9.29. The third-order valence-corrected chi connectivity index (χ3v) is 4.32. The van der Waals surface area contributed by atoms with E-state index in [1.54, 1.807) is 0 Å². The second-order valence-corrected chi connectivity index (χ2v) is 10.1. The Balaban J connectivity index is 3.55. The Morgan fingerprint density at radius 2 is 1.67 bits per heavy atom. The van der Waals surface area contributed by atoms with E-state index in [0.717, 1.165) is 0 Å². The lowest BCUT2D eigenvalue weighted by atomic mass is 9.99. The molecule has 0 radical (unpaired) electrons. The summed E-state index contributed by atoms with van der Waals surface area (Å²) >= 11 is 0. The molecule has 0 aromatic carbocycles. The molecule has 0 aliphatic carbocycles. The van der Waals surface area contributed by atoms with E-state index in [1.807, 2.05) is 0 Å². The van der Waals surface area contributed by atoms with E-state index in [9.17, 15) is 5.11 Å². The van der Waals surface area contributed by atoms with Crippen LogP contribution in [-0.4, -0.2) is 36.2 Å². The van der Waals surface area contributed by atoms with Crippen LogP contribution in [0.1, 0.15) is 45.4 Å². The first-order chi connectivity index (χ1) is 6.99. The van der Waals surface area contributed by atoms with Gasteiger partial charge in [-0.3, -0.25) is 0 Å². The van der Waals surface area contributed by atoms with Gasteiger partial charge >= 0.3 is 0 Å². The van der Waals surface area contributed by atoms with Crippen LogP contribution in [0.5, 0.6) is 0 Å². The van der Waals surface area contributed by atoms with E-state index >= 15 is 0 Å². The van der Waals surface area contributed by atoms with Crippen LogP contribution in [0.2, 0.25) is 0 Å². The zero-order chi connectivity index (χ0) is 11.7. The van der Waals surface area contributed by atoms with E-state index in [0.29, 0.717) is 12.5 Å². The molecule has 1 atom stereocenters. The molecule has 94 valence electrons. The molecule has 0 aromatic heterocycles. The van der Waals surface area contributed by atoms with Gasteiger partial charge in [-0.25, -0.2) is 10.0 Å². The number of aliphatic hydroxyl groups excluding tert-OH is 1. The number of aliphatic hydroxyl groups is 1. The van der Waals surface area contributed by atoms with Gasteiger partial charge in [-0.05, 0) is 43.3 Å². The predicted octanol–water partition coefficient (Wildman–Crippen LogP) is 3.65. The van der Waals surface area contributed by atoms with Crippen molar-refractivity contribution < 1.29 is 5.11 Å². The highest BCUT2D eigenvalue weighted by Gasteiger charge is 2.11. The van der Waals surface area contributed by atoms with Gasteiger partial charge in [0.15, 0.2) is 0 Å². The van der Waals surface area contributed by atoms with Crippen LogP contribution < -0.4 is 0 Å². The summed E-state index contributed by atoms with van der Waals surface area (Å²) in [6, 6.07) is 0. The van der Waals surface area contributed by atoms with Gasteiger partial charge in [0.25, 0.3) is 0 Å². The Bertz CT molecular complexity index is 140. The molecular formula is C13H30OS. The summed E-state index contributed by atoms with van der Waals surface area (Å²) in [5, 5.41) is 9.29. The topological polar surface area (TPSA) is 20.2 Å². The number of unbranched alkanes of at least 4 members (excludes halogenated alkanes) is 3. The Hall–Kier alpha value is 0.310. The van der Waals surface area contributed by atoms with Crippen molar-refractivity contribution in [1.29, 1.82) is 0 Å². The molecule has 0 bridgehead atoms. The Kier molecular flexibility index (Phi) is 8.64. The molecule has 0 heterocycles. The minimum absolute atomic E-state index is 0.376. The number of rotatable bonds is 9. The van der Waals surface area contributed by atoms with E-state index in [2.05, 4.69) is 25.7 Å². The van der Waals surface area contributed by atoms with Gasteiger partial charge in [-0.1, -0.05) is 32.6 Å². The van der Waals surface area contributed by atoms with Gasteiger partial charge in [0.05, 0.1) is 0 Å². The van der Waals surface area contributed by atoms with Crippen LogP contribution in [0, 0.1) is 5.92 Å². The zero-order valence-corrected chi connectivity index (χ0v) is 11.9. The molecule has 0 aromatic rings. The third kappa shape index (κ3) is 10.6. The van der Waals surface area contributed by atoms with Crippen LogP contribution in [0.3, 0.4) is 0 Å². The van der Waals surface area contributed by atoms with E-state index in [1.165, 1.54) is 44.3 Å². The second-order valence-electron chi connectivity index (χ2n) is 5.48. The first-order valence-electron chi connectivity index (χ1n) is 6.26. The van der Waals surface area contributed by atoms with Gasteiger partial charge in [0, 0.05) is 6.61 Å². The molecule has 15 heavy (non-hydrogen) atoms. The van der Waals surface area contributed by atoms with Gasteiger partial charge in [-0.15, -0.1) is 0 Å². The fourth-order valence-electron chi connectivity index (χ4n) is 1.71. The fraction of sp³-hybridized carbons (Fsp3) is 1.00. The summed E-state index contributed by atoms with van der Waals surface area (Å²) < 4.78 is 0. The molecule has 0 aliphatic rings. The first-order valence-corrected chi connectivity index (χ1v) is 9.29. The van der Waals surface area contributed by atoms with Gasteiger partial charge in [-0.2, -0.15) is 0 Å². The lowest BCUT2D eigenvalue weighted by Crippen LogP contribution is -2.11. The first kappa shape index (κ1) is 15.3. The molecular weight excluding hydrogens is 204 g/mol. The third-order valence-electron chi connectivity index (χ3n) is 2.86. The highest BCUT2D eigenvalue weighted by Crippen LogP contribution is 2.36. The quantitative estimate of drug-likeness (QED) is 0.604. The van der Waals surface area contributed by atoms with Crippen molar-refractivity contribution in [1.82, 2.24) is 0 Å². The smallest absolute Gasteiger partial charge is 0.0459 e. The molecule has 0 fully saturated rings. The summed E-state index contributed by atoms with van der Waals surface area (Å²) in [4.78, 5) is 0. The highest BCUT2D eigenvalue weighted by atomic mass is 32.3. The van der Waals surface area contributed by atoms with Gasteiger partial charge in [0.1, 0.15) is 0 Å². The van der Waals surface area contributed by atoms with Crippen molar-refractivity contribution >= 4 is 10.0 Å². The summed E-state index contributed by atoms with van der Waals surface area (Å²) in [5.41, 5.74) is 0. The number of hydrogen-bond acceptors (Lipinski definition) is 1. The standard InChI is InChI=1S/C13H30OS/c1-5-6-7-8-9-13(12-14)10-11-15(2,3)4/h13-14H,5-12H2,1-4H3. The van der Waals surface area contributed by atoms with Gasteiger partial charge < -0.3 is 5.11 Å². The molecule has 1 unspecified atom stereocenters. The van der Waals surface area contributed by atoms with Crippen LogP contribution in [0.15, 0.2) is 0 Å². The zero-order valence-electron chi connectivity index (χ0n) is 11.1. The summed E-state index contributed by atoms with van der Waals surface area (Å²) in [5.74, 6) is 1.88. The molecule has 1 N–H and O–H groups in total. The van der Waals surface area contributed by atoms with Gasteiger partial charge in [0.2, 0.25) is 0 Å². The lowest BCUT2D eigenvalue weighted by molar-refractivity contribution is 0.212. The SMILES string of the molecule is CCCCCCC(CO)CCS(C)(C)C. The van der Waals surface area contributed by atoms with Crippen LogP contribution in [0.25, 0.3) is 0 Å². The average Bonchev–Trinajstić information content (AvgIpc) is 2.15. The summed E-state index contributed by atoms with van der Waals surface area (Å²) in [6.45, 7) is 2.63. The molecule has 1 nitrogen and oxygen atoms in total. The summed E-state index contributed by atoms with van der Waals surface area (Å²) in [7, 11) is -0.376. The molecule has 0 amide bonds. The molecule has 0 aliphatic heterocycles. The Labute approximate surface area is 98.0 Å². The molecule has 2 heteroatoms. The minimum Gasteiger partial charge on any atom is -0.396 e. The molecule has 0 rings (SSSR count). The van der Waals surface area contributed by atoms with Crippen molar-refractivity contribution in [2.75, 3.05) is 31.1 Å².